The van der Waals surface area contributed by atoms with E-state index in [-0.39, 0.29) is 11.1 Å². The molecule has 3 heteroatoms. The van der Waals surface area contributed by atoms with Crippen molar-refractivity contribution < 1.29 is 0 Å². The Hall–Kier alpha value is -3.56. The second-order valence-electron chi connectivity index (χ2n) is 8.77. The normalized spacial score (nSPS) is 20.4. The fraction of sp³-hybridized carbons (Fsp3) is 0.310. The highest BCUT2D eigenvalue weighted by Crippen LogP contribution is 2.54. The van der Waals surface area contributed by atoms with Gasteiger partial charge >= 0.3 is 0 Å². The van der Waals surface area contributed by atoms with E-state index in [9.17, 15) is 5.26 Å². The molecule has 0 amide bonds. The molecule has 1 aliphatic heterocycles. The minimum atomic E-state index is 0.0107. The maximum absolute atomic E-state index is 9.57. The van der Waals surface area contributed by atoms with Gasteiger partial charge in [-0.15, -0.1) is 0 Å². The van der Waals surface area contributed by atoms with Crippen LogP contribution in [0.3, 0.4) is 0 Å². The van der Waals surface area contributed by atoms with Crippen molar-refractivity contribution in [3.8, 4) is 6.07 Å². The number of para-hydroxylation sites is 1. The van der Waals surface area contributed by atoms with Gasteiger partial charge in [0.25, 0.3) is 5.70 Å². The summed E-state index contributed by atoms with van der Waals surface area (Å²) in [4.78, 5) is 6.04. The van der Waals surface area contributed by atoms with Gasteiger partial charge in [0, 0.05) is 23.3 Å². The van der Waals surface area contributed by atoms with Crippen LogP contribution in [0, 0.1) is 17.9 Å². The summed E-state index contributed by atoms with van der Waals surface area (Å²) >= 11 is 0. The number of fused-ring (bicyclic) bond motifs is 3. The van der Waals surface area contributed by atoms with Gasteiger partial charge < -0.3 is 4.90 Å². The molecule has 1 atom stereocenters. The Kier molecular flexibility index (Phi) is 6.29. The second-order valence-corrected chi connectivity index (χ2v) is 8.77. The molecule has 0 saturated heterocycles. The van der Waals surface area contributed by atoms with Crippen LogP contribution < -0.4 is 4.90 Å². The van der Waals surface area contributed by atoms with Crippen LogP contribution >= 0.6 is 0 Å². The molecule has 3 nitrogen and oxygen atoms in total. The van der Waals surface area contributed by atoms with Gasteiger partial charge in [0.15, 0.2) is 0 Å². The molecule has 1 aliphatic carbocycles. The van der Waals surface area contributed by atoms with E-state index in [0.717, 1.165) is 44.2 Å². The van der Waals surface area contributed by atoms with Gasteiger partial charge in [-0.25, -0.2) is 10.1 Å². The summed E-state index contributed by atoms with van der Waals surface area (Å²) in [6, 6.07) is 20.7. The third-order valence-electron chi connectivity index (χ3n) is 6.75. The number of nitrogens with zero attached hydrogens (tertiary/aromatic N) is 3. The number of unbranched alkanes of at least 4 members (excludes halogenated alkanes) is 1. The standard InChI is InChI=1S/C29H29N3/c1-4-5-20-32-27-16-10-9-15-25(27)29(2)19-11-14-23(28(29)32)17-18-24(26(21-30)31-3)22-12-7-6-8-13-22/h6-10,12-13,15-18H,4-5,11,14,19-20H2,1-2H3/b18-17+,26-24+. The SMILES string of the molecule is [C-]#[N+]/C(C#N)=C(\C=C\C1=C2N(CCCC)c3ccccc3C2(C)CCC1)c1ccccc1. The number of allylic oxidation sites excluding steroid dienone is 6. The molecule has 0 bridgehead atoms. The maximum Gasteiger partial charge on any atom is 0.269 e. The van der Waals surface area contributed by atoms with Crippen molar-refractivity contribution in [2.45, 2.75) is 51.4 Å². The van der Waals surface area contributed by atoms with Gasteiger partial charge in [-0.1, -0.05) is 74.0 Å². The molecule has 2 aromatic carbocycles. The van der Waals surface area contributed by atoms with Gasteiger partial charge in [-0.2, -0.15) is 0 Å². The summed E-state index contributed by atoms with van der Waals surface area (Å²) in [5.74, 6) is 0. The van der Waals surface area contributed by atoms with Crippen molar-refractivity contribution in [2.24, 2.45) is 0 Å². The molecule has 0 aromatic heterocycles. The van der Waals surface area contributed by atoms with E-state index in [1.165, 1.54) is 22.5 Å². The number of benzene rings is 2. The summed E-state index contributed by atoms with van der Waals surface area (Å²) < 4.78 is 0. The molecule has 32 heavy (non-hydrogen) atoms. The Bertz CT molecular complexity index is 1150. The minimum absolute atomic E-state index is 0.0107. The van der Waals surface area contributed by atoms with Gasteiger partial charge in [0.2, 0.25) is 0 Å². The highest BCUT2D eigenvalue weighted by atomic mass is 15.2. The van der Waals surface area contributed by atoms with E-state index >= 15 is 0 Å². The zero-order chi connectivity index (χ0) is 22.6. The van der Waals surface area contributed by atoms with E-state index in [2.05, 4.69) is 60.0 Å². The number of rotatable bonds is 6. The molecule has 0 N–H and O–H groups in total. The monoisotopic (exact) mass is 419 g/mol. The smallest absolute Gasteiger partial charge is 0.269 e. The third kappa shape index (κ3) is 3.76. The molecular formula is C29H29N3. The van der Waals surface area contributed by atoms with E-state index in [4.69, 9.17) is 6.57 Å². The van der Waals surface area contributed by atoms with E-state index in [1.54, 1.807) is 0 Å². The van der Waals surface area contributed by atoms with Crippen molar-refractivity contribution in [2.75, 3.05) is 11.4 Å². The molecule has 0 spiro atoms. The Labute approximate surface area is 191 Å². The zero-order valence-electron chi connectivity index (χ0n) is 18.9. The molecule has 2 aromatic rings. The number of hydrogen-bond donors (Lipinski definition) is 0. The predicted octanol–water partition coefficient (Wildman–Crippen LogP) is 7.41. The molecular weight excluding hydrogens is 390 g/mol. The fourth-order valence-corrected chi connectivity index (χ4v) is 5.22. The first-order valence-corrected chi connectivity index (χ1v) is 11.5. The summed E-state index contributed by atoms with van der Waals surface area (Å²) in [7, 11) is 0. The molecule has 0 saturated carbocycles. The summed E-state index contributed by atoms with van der Waals surface area (Å²) in [6.45, 7) is 13.1. The summed E-state index contributed by atoms with van der Waals surface area (Å²) in [6.07, 6.45) is 9.76. The number of hydrogen-bond acceptors (Lipinski definition) is 2. The quantitative estimate of drug-likeness (QED) is 0.277. The number of nitriles is 1. The van der Waals surface area contributed by atoms with Gasteiger partial charge in [-0.05, 0) is 60.9 Å². The van der Waals surface area contributed by atoms with Crippen molar-refractivity contribution >= 4 is 11.3 Å². The molecule has 1 heterocycles. The molecule has 1 unspecified atom stereocenters. The first kappa shape index (κ1) is 21.7. The van der Waals surface area contributed by atoms with Gasteiger partial charge in [0.05, 0.1) is 12.6 Å². The van der Waals surface area contributed by atoms with Crippen molar-refractivity contribution in [1.29, 1.82) is 5.26 Å². The fourth-order valence-electron chi connectivity index (χ4n) is 5.22. The summed E-state index contributed by atoms with van der Waals surface area (Å²) in [5.41, 5.74) is 7.23. The van der Waals surface area contributed by atoms with E-state index in [1.807, 2.05) is 36.4 Å². The van der Waals surface area contributed by atoms with E-state index in [0.29, 0.717) is 5.57 Å². The predicted molar refractivity (Wildman–Crippen MR) is 132 cm³/mol. The molecule has 0 fully saturated rings. The van der Waals surface area contributed by atoms with Crippen LogP contribution in [0.25, 0.3) is 10.4 Å². The largest absolute Gasteiger partial charge is 0.344 e. The molecule has 4 rings (SSSR count). The van der Waals surface area contributed by atoms with Crippen LogP contribution in [0.15, 0.2) is 83.7 Å². The molecule has 0 radical (unpaired) electrons. The summed E-state index contributed by atoms with van der Waals surface area (Å²) in [5, 5.41) is 9.57. The Morgan fingerprint density at radius 2 is 1.94 bits per heavy atom. The van der Waals surface area contributed by atoms with E-state index < -0.39 is 0 Å². The lowest BCUT2D eigenvalue weighted by Gasteiger charge is -2.36. The Balaban J connectivity index is 1.84. The topological polar surface area (TPSA) is 31.4 Å². The highest BCUT2D eigenvalue weighted by Gasteiger charge is 2.45. The molecule has 160 valence electrons. The van der Waals surface area contributed by atoms with Crippen molar-refractivity contribution in [1.82, 2.24) is 0 Å². The van der Waals surface area contributed by atoms with Crippen LogP contribution in [0.4, 0.5) is 5.69 Å². The van der Waals surface area contributed by atoms with Crippen molar-refractivity contribution in [3.05, 3.63) is 106 Å². The Morgan fingerprint density at radius 1 is 1.19 bits per heavy atom. The zero-order valence-corrected chi connectivity index (χ0v) is 18.9. The lowest BCUT2D eigenvalue weighted by Crippen LogP contribution is -2.33. The van der Waals surface area contributed by atoms with Crippen LogP contribution in [0.1, 0.15) is 57.1 Å². The average molecular weight is 420 g/mol. The first-order chi connectivity index (χ1) is 15.6. The lowest BCUT2D eigenvalue weighted by molar-refractivity contribution is 0.463. The van der Waals surface area contributed by atoms with Crippen LogP contribution in [0.5, 0.6) is 0 Å². The average Bonchev–Trinajstić information content (AvgIpc) is 3.09. The Morgan fingerprint density at radius 3 is 2.66 bits per heavy atom. The molecule has 2 aliphatic rings. The second kappa shape index (κ2) is 9.29. The third-order valence-corrected chi connectivity index (χ3v) is 6.75. The lowest BCUT2D eigenvalue weighted by atomic mass is 9.72. The maximum atomic E-state index is 9.57. The van der Waals surface area contributed by atoms with Crippen molar-refractivity contribution in [3.63, 3.8) is 0 Å². The van der Waals surface area contributed by atoms with Crippen LogP contribution in [0.2, 0.25) is 0 Å². The van der Waals surface area contributed by atoms with Gasteiger partial charge in [-0.3, -0.25) is 0 Å². The van der Waals surface area contributed by atoms with Crippen LogP contribution in [-0.4, -0.2) is 6.54 Å². The number of anilines is 1. The first-order valence-electron chi connectivity index (χ1n) is 11.5. The minimum Gasteiger partial charge on any atom is -0.344 e. The van der Waals surface area contributed by atoms with Gasteiger partial charge in [0.1, 0.15) is 0 Å². The van der Waals surface area contributed by atoms with Crippen LogP contribution in [-0.2, 0) is 5.41 Å². The highest BCUT2D eigenvalue weighted by molar-refractivity contribution is 5.81.